The van der Waals surface area contributed by atoms with Gasteiger partial charge in [0.05, 0.1) is 18.3 Å². The number of hydrogen-bond acceptors (Lipinski definition) is 5. The van der Waals surface area contributed by atoms with Crippen LogP contribution in [0.1, 0.15) is 26.2 Å². The number of aliphatic imine (C=N–C) groups is 1. The quantitative estimate of drug-likeness (QED) is 0.415. The molecule has 1 atom stereocenters. The van der Waals surface area contributed by atoms with Crippen LogP contribution in [0.5, 0.6) is 0 Å². The van der Waals surface area contributed by atoms with Crippen molar-refractivity contribution in [3.8, 4) is 0 Å². The van der Waals surface area contributed by atoms with E-state index in [0.717, 1.165) is 11.8 Å². The van der Waals surface area contributed by atoms with Crippen molar-refractivity contribution in [3.05, 3.63) is 24.5 Å². The maximum absolute atomic E-state index is 12.5. The Morgan fingerprint density at radius 3 is 2.78 bits per heavy atom. The summed E-state index contributed by atoms with van der Waals surface area (Å²) in [5.74, 6) is -0.0803. The monoisotopic (exact) mass is 422 g/mol. The van der Waals surface area contributed by atoms with Crippen LogP contribution >= 0.6 is 23.4 Å². The van der Waals surface area contributed by atoms with Crippen molar-refractivity contribution in [2.45, 2.75) is 38.4 Å². The van der Waals surface area contributed by atoms with Gasteiger partial charge in [0.2, 0.25) is 5.91 Å². The van der Waals surface area contributed by atoms with Gasteiger partial charge in [-0.25, -0.2) is 0 Å². The third-order valence-corrected chi connectivity index (χ3v) is 4.59. The molecule has 1 N–H and O–H groups in total. The normalized spacial score (nSPS) is 12.9. The van der Waals surface area contributed by atoms with Crippen LogP contribution < -0.4 is 0 Å². The summed E-state index contributed by atoms with van der Waals surface area (Å²) in [6.07, 6.45) is 0.206. The number of rotatable bonds is 11. The van der Waals surface area contributed by atoms with Gasteiger partial charge in [-0.3, -0.25) is 20.2 Å². The number of pyridine rings is 1. The highest BCUT2D eigenvalue weighted by Gasteiger charge is 2.27. The van der Waals surface area contributed by atoms with E-state index in [-0.39, 0.29) is 29.0 Å². The number of hydrogen-bond donors (Lipinski definition) is 1. The molecule has 1 heterocycles. The zero-order valence-electron chi connectivity index (χ0n) is 14.9. The van der Waals surface area contributed by atoms with Crippen LogP contribution in [-0.4, -0.2) is 57.4 Å². The Labute approximate surface area is 165 Å². The predicted molar refractivity (Wildman–Crippen MR) is 104 cm³/mol. The molecule has 0 aliphatic carbocycles. The lowest BCUT2D eigenvalue weighted by atomic mass is 10.2. The molecular formula is C17H22ClF3N4OS. The molecule has 27 heavy (non-hydrogen) atoms. The van der Waals surface area contributed by atoms with Crippen LogP contribution in [0.4, 0.5) is 18.9 Å². The van der Waals surface area contributed by atoms with Gasteiger partial charge in [-0.2, -0.15) is 24.9 Å². The molecule has 0 aromatic carbocycles. The number of thioether (sulfide) groups is 1. The summed E-state index contributed by atoms with van der Waals surface area (Å²) in [6.45, 7) is 2.25. The van der Waals surface area contributed by atoms with Crippen LogP contribution in [0.2, 0.25) is 0 Å². The van der Waals surface area contributed by atoms with Gasteiger partial charge in [-0.15, -0.1) is 0 Å². The molecule has 1 aromatic rings. The summed E-state index contributed by atoms with van der Waals surface area (Å²) in [4.78, 5) is 22.1. The fraction of sp³-hybridized carbons (Fsp3) is 0.529. The summed E-state index contributed by atoms with van der Waals surface area (Å²) >= 11 is 6.95. The first kappa shape index (κ1) is 23.4. The third kappa shape index (κ3) is 9.76. The third-order valence-electron chi connectivity index (χ3n) is 3.38. The van der Waals surface area contributed by atoms with Gasteiger partial charge in [0.25, 0.3) is 0 Å². The molecule has 1 amide bonds. The molecule has 0 saturated carbocycles. The molecule has 0 aliphatic heterocycles. The standard InChI is InChI=1S/C17H22ClF3N4OS/c1-2-8-25(15(26)5-9-27-10-6-17(19,20)21)14(16(18)22)12-24-13-4-3-7-23-11-13/h3-4,7,11-12,14,22H,2,5-6,8-10H2,1H3. The number of nitrogens with zero attached hydrogens (tertiary/aromatic N) is 3. The Morgan fingerprint density at radius 2 is 2.22 bits per heavy atom. The SMILES string of the molecule is CCCN(C(=O)CCSCCC(F)(F)F)C(C=Nc1cccnc1)C(=N)Cl. The Morgan fingerprint density at radius 1 is 1.48 bits per heavy atom. The first-order chi connectivity index (χ1) is 12.7. The van der Waals surface area contributed by atoms with Gasteiger partial charge in [-0.1, -0.05) is 18.5 Å². The average molecular weight is 423 g/mol. The van der Waals surface area contributed by atoms with Crippen LogP contribution in [0, 0.1) is 5.41 Å². The van der Waals surface area contributed by atoms with E-state index >= 15 is 0 Å². The maximum Gasteiger partial charge on any atom is 0.389 e. The van der Waals surface area contributed by atoms with Crippen molar-refractivity contribution in [2.75, 3.05) is 18.1 Å². The van der Waals surface area contributed by atoms with Gasteiger partial charge in [-0.05, 0) is 18.6 Å². The zero-order valence-corrected chi connectivity index (χ0v) is 16.4. The molecule has 0 spiro atoms. The minimum absolute atomic E-state index is 0.0733. The highest BCUT2D eigenvalue weighted by molar-refractivity contribution is 7.99. The number of nitrogens with one attached hydrogen (secondary N) is 1. The van der Waals surface area contributed by atoms with Crippen molar-refractivity contribution in [1.29, 1.82) is 5.41 Å². The second kappa shape index (κ2) is 12.0. The molecule has 0 saturated heterocycles. The minimum atomic E-state index is -4.19. The van der Waals surface area contributed by atoms with Crippen LogP contribution in [0.15, 0.2) is 29.5 Å². The molecule has 1 aromatic heterocycles. The zero-order chi connectivity index (χ0) is 20.3. The molecule has 1 rings (SSSR count). The molecule has 0 aliphatic rings. The Hall–Kier alpha value is -1.61. The van der Waals surface area contributed by atoms with Crippen molar-refractivity contribution >= 4 is 46.3 Å². The first-order valence-electron chi connectivity index (χ1n) is 8.36. The minimum Gasteiger partial charge on any atom is -0.328 e. The number of amides is 1. The molecular weight excluding hydrogens is 401 g/mol. The molecule has 0 fully saturated rings. The fourth-order valence-corrected chi connectivity index (χ4v) is 3.20. The van der Waals surface area contributed by atoms with E-state index in [9.17, 15) is 18.0 Å². The van der Waals surface area contributed by atoms with E-state index < -0.39 is 18.6 Å². The number of carbonyl (C=O) groups is 1. The summed E-state index contributed by atoms with van der Waals surface area (Å²) in [6, 6.07) is 2.61. The van der Waals surface area contributed by atoms with Crippen molar-refractivity contribution in [1.82, 2.24) is 9.88 Å². The van der Waals surface area contributed by atoms with Crippen molar-refractivity contribution in [3.63, 3.8) is 0 Å². The molecule has 5 nitrogen and oxygen atoms in total. The summed E-state index contributed by atoms with van der Waals surface area (Å²) in [5, 5.41) is 7.51. The molecule has 10 heteroatoms. The number of carbonyl (C=O) groups excluding carboxylic acids is 1. The lowest BCUT2D eigenvalue weighted by molar-refractivity contribution is -0.131. The fourth-order valence-electron chi connectivity index (χ4n) is 2.12. The Kier molecular flexibility index (Phi) is 10.4. The second-order valence-electron chi connectivity index (χ2n) is 5.60. The second-order valence-corrected chi connectivity index (χ2v) is 7.23. The molecule has 150 valence electrons. The van der Waals surface area contributed by atoms with Crippen molar-refractivity contribution in [2.24, 2.45) is 4.99 Å². The van der Waals surface area contributed by atoms with Gasteiger partial charge >= 0.3 is 6.18 Å². The molecule has 0 radical (unpaired) electrons. The predicted octanol–water partition coefficient (Wildman–Crippen LogP) is 4.68. The number of alkyl halides is 3. The van der Waals surface area contributed by atoms with E-state index in [1.54, 1.807) is 18.3 Å². The van der Waals surface area contributed by atoms with E-state index in [2.05, 4.69) is 9.98 Å². The summed E-state index contributed by atoms with van der Waals surface area (Å²) in [7, 11) is 0. The highest BCUT2D eigenvalue weighted by Crippen LogP contribution is 2.22. The van der Waals surface area contributed by atoms with Crippen LogP contribution in [0.25, 0.3) is 0 Å². The van der Waals surface area contributed by atoms with Gasteiger partial charge < -0.3 is 4.90 Å². The number of aromatic nitrogens is 1. The smallest absolute Gasteiger partial charge is 0.328 e. The van der Waals surface area contributed by atoms with Gasteiger partial charge in [0.1, 0.15) is 11.2 Å². The summed E-state index contributed by atoms with van der Waals surface area (Å²) < 4.78 is 36.4. The highest BCUT2D eigenvalue weighted by atomic mass is 35.5. The Balaban J connectivity index is 2.69. The van der Waals surface area contributed by atoms with Crippen LogP contribution in [-0.2, 0) is 4.79 Å². The molecule has 1 unspecified atom stereocenters. The van der Waals surface area contributed by atoms with E-state index in [1.165, 1.54) is 17.3 Å². The average Bonchev–Trinajstić information content (AvgIpc) is 2.60. The lowest BCUT2D eigenvalue weighted by Crippen LogP contribution is -2.45. The maximum atomic E-state index is 12.5. The summed E-state index contributed by atoms with van der Waals surface area (Å²) in [5.41, 5.74) is 0.562. The van der Waals surface area contributed by atoms with E-state index in [0.29, 0.717) is 18.7 Å². The van der Waals surface area contributed by atoms with Gasteiger partial charge in [0, 0.05) is 36.9 Å². The van der Waals surface area contributed by atoms with E-state index in [4.69, 9.17) is 17.0 Å². The lowest BCUT2D eigenvalue weighted by Gasteiger charge is -2.28. The Bertz CT molecular complexity index is 628. The van der Waals surface area contributed by atoms with Crippen molar-refractivity contribution < 1.29 is 18.0 Å². The topological polar surface area (TPSA) is 69.4 Å². The first-order valence-corrected chi connectivity index (χ1v) is 9.90. The van der Waals surface area contributed by atoms with Gasteiger partial charge in [0.15, 0.2) is 0 Å². The largest absolute Gasteiger partial charge is 0.389 e. The molecule has 0 bridgehead atoms. The number of halogens is 4. The van der Waals surface area contributed by atoms with E-state index in [1.807, 2.05) is 6.92 Å². The van der Waals surface area contributed by atoms with Crippen LogP contribution in [0.3, 0.4) is 0 Å².